The number of oxazole rings is 1. The number of anilines is 1. The van der Waals surface area contributed by atoms with Gasteiger partial charge in [-0.1, -0.05) is 22.7 Å². The summed E-state index contributed by atoms with van der Waals surface area (Å²) in [6, 6.07) is 9.45. The summed E-state index contributed by atoms with van der Waals surface area (Å²) in [5.74, 6) is 1.22. The van der Waals surface area contributed by atoms with Crippen molar-refractivity contribution in [3.63, 3.8) is 0 Å². The lowest BCUT2D eigenvalue weighted by atomic mass is 10.0. The van der Waals surface area contributed by atoms with Gasteiger partial charge in [0.1, 0.15) is 12.1 Å². The van der Waals surface area contributed by atoms with Crippen molar-refractivity contribution in [1.82, 2.24) is 19.6 Å². The minimum atomic E-state index is 0.545. The Bertz CT molecular complexity index is 1090. The Morgan fingerprint density at radius 3 is 2.70 bits per heavy atom. The third-order valence-electron chi connectivity index (χ3n) is 3.92. The van der Waals surface area contributed by atoms with E-state index in [2.05, 4.69) is 31.5 Å². The fourth-order valence-electron chi connectivity index (χ4n) is 2.59. The number of hydrogen-bond acceptors (Lipinski definition) is 7. The first-order chi connectivity index (χ1) is 13.1. The number of pyridine rings is 1. The first-order valence-electron chi connectivity index (χ1n) is 8.03. The van der Waals surface area contributed by atoms with Crippen LogP contribution in [-0.4, -0.2) is 19.6 Å². The molecule has 0 saturated heterocycles. The molecule has 0 unspecified atom stereocenters. The van der Waals surface area contributed by atoms with Crippen molar-refractivity contribution >= 4 is 34.6 Å². The van der Waals surface area contributed by atoms with E-state index in [4.69, 9.17) is 16.0 Å². The lowest BCUT2D eigenvalue weighted by Crippen LogP contribution is -1.99. The van der Waals surface area contributed by atoms with Gasteiger partial charge in [0, 0.05) is 27.9 Å². The second-order valence-corrected chi connectivity index (χ2v) is 6.92. The van der Waals surface area contributed by atoms with Crippen LogP contribution in [0.5, 0.6) is 0 Å². The third-order valence-corrected chi connectivity index (χ3v) is 5.14. The Morgan fingerprint density at radius 2 is 2.04 bits per heavy atom. The van der Waals surface area contributed by atoms with Crippen molar-refractivity contribution in [3.8, 4) is 22.6 Å². The van der Waals surface area contributed by atoms with E-state index >= 15 is 0 Å². The fourth-order valence-corrected chi connectivity index (χ4v) is 3.40. The van der Waals surface area contributed by atoms with Crippen LogP contribution in [0.15, 0.2) is 60.0 Å². The van der Waals surface area contributed by atoms with Gasteiger partial charge in [-0.3, -0.25) is 0 Å². The second kappa shape index (κ2) is 7.30. The average Bonchev–Trinajstić information content (AvgIpc) is 3.35. The molecule has 0 aliphatic heterocycles. The lowest BCUT2D eigenvalue weighted by molar-refractivity contribution is 0.574. The Morgan fingerprint density at radius 1 is 1.19 bits per heavy atom. The van der Waals surface area contributed by atoms with E-state index < -0.39 is 0 Å². The van der Waals surface area contributed by atoms with Crippen LogP contribution in [-0.2, 0) is 0 Å². The minimum absolute atomic E-state index is 0.545. The number of halogens is 1. The Labute approximate surface area is 164 Å². The maximum atomic E-state index is 6.38. The van der Waals surface area contributed by atoms with Gasteiger partial charge >= 0.3 is 0 Å². The van der Waals surface area contributed by atoms with E-state index in [9.17, 15) is 0 Å². The highest BCUT2D eigenvalue weighted by Crippen LogP contribution is 2.32. The summed E-state index contributed by atoms with van der Waals surface area (Å²) in [7, 11) is 0. The normalized spacial score (nSPS) is 10.7. The minimum Gasteiger partial charge on any atom is -0.445 e. The molecule has 3 aromatic heterocycles. The van der Waals surface area contributed by atoms with Crippen LogP contribution in [0.3, 0.4) is 0 Å². The molecule has 0 saturated carbocycles. The molecule has 0 bridgehead atoms. The monoisotopic (exact) mass is 395 g/mol. The summed E-state index contributed by atoms with van der Waals surface area (Å²) in [6.45, 7) is 5.92. The number of nitrogens with one attached hydrogen (secondary N) is 1. The summed E-state index contributed by atoms with van der Waals surface area (Å²) in [4.78, 5) is 9.54. The molecule has 27 heavy (non-hydrogen) atoms. The molecule has 4 rings (SSSR count). The third kappa shape index (κ3) is 3.60. The lowest BCUT2D eigenvalue weighted by Gasteiger charge is -2.09. The maximum Gasteiger partial charge on any atom is 0.225 e. The number of nitrogens with zero attached hydrogens (tertiary/aromatic N) is 4. The molecule has 1 aromatic carbocycles. The summed E-state index contributed by atoms with van der Waals surface area (Å²) in [5, 5.41) is 7.80. The first-order valence-corrected chi connectivity index (χ1v) is 9.18. The van der Waals surface area contributed by atoms with E-state index in [0.29, 0.717) is 22.4 Å². The smallest absolute Gasteiger partial charge is 0.225 e. The molecule has 0 amide bonds. The van der Waals surface area contributed by atoms with Crippen molar-refractivity contribution in [2.75, 3.05) is 5.32 Å². The standard InChI is InChI=1S/C19H14ClN5OS/c1-11(18-12(2)24-25-27-18)23-17-6-4-14(10-22-17)15-9-13(3-5-16(15)20)19-21-7-8-26-19/h3-10H,1H2,2H3,(H,22,23). The van der Waals surface area contributed by atoms with Crippen LogP contribution < -0.4 is 5.32 Å². The van der Waals surface area contributed by atoms with Crippen molar-refractivity contribution in [1.29, 1.82) is 0 Å². The quantitative estimate of drug-likeness (QED) is 0.494. The molecular formula is C19H14ClN5OS. The molecule has 0 spiro atoms. The van der Waals surface area contributed by atoms with Gasteiger partial charge in [-0.25, -0.2) is 9.97 Å². The zero-order valence-electron chi connectivity index (χ0n) is 14.3. The highest BCUT2D eigenvalue weighted by Gasteiger charge is 2.11. The number of aromatic nitrogens is 4. The van der Waals surface area contributed by atoms with Gasteiger partial charge in [0.15, 0.2) is 0 Å². The first kappa shape index (κ1) is 17.4. The van der Waals surface area contributed by atoms with Crippen LogP contribution in [0, 0.1) is 6.92 Å². The van der Waals surface area contributed by atoms with Gasteiger partial charge in [0.2, 0.25) is 5.89 Å². The molecule has 0 aliphatic carbocycles. The molecule has 0 aliphatic rings. The van der Waals surface area contributed by atoms with Gasteiger partial charge in [-0.05, 0) is 48.8 Å². The second-order valence-electron chi connectivity index (χ2n) is 5.76. The summed E-state index contributed by atoms with van der Waals surface area (Å²) >= 11 is 7.68. The SMILES string of the molecule is C=C(Nc1ccc(-c2cc(-c3ncco3)ccc2Cl)cn1)c1snnc1C. The van der Waals surface area contributed by atoms with Crippen molar-refractivity contribution in [3.05, 3.63) is 71.2 Å². The maximum absolute atomic E-state index is 6.38. The van der Waals surface area contributed by atoms with Crippen molar-refractivity contribution in [2.24, 2.45) is 0 Å². The largest absolute Gasteiger partial charge is 0.445 e. The predicted molar refractivity (Wildman–Crippen MR) is 107 cm³/mol. The zero-order chi connectivity index (χ0) is 18.8. The predicted octanol–water partition coefficient (Wildman–Crippen LogP) is 5.30. The topological polar surface area (TPSA) is 76.7 Å². The van der Waals surface area contributed by atoms with E-state index in [1.165, 1.54) is 11.5 Å². The van der Waals surface area contributed by atoms with E-state index in [1.807, 2.05) is 37.3 Å². The molecular weight excluding hydrogens is 382 g/mol. The van der Waals surface area contributed by atoms with Crippen molar-refractivity contribution < 1.29 is 4.42 Å². The Hall–Kier alpha value is -3.03. The molecule has 6 nitrogen and oxygen atoms in total. The Balaban J connectivity index is 1.58. The molecule has 0 radical (unpaired) electrons. The number of aryl methyl sites for hydroxylation is 1. The van der Waals surface area contributed by atoms with Gasteiger partial charge in [-0.15, -0.1) is 5.10 Å². The van der Waals surface area contributed by atoms with Crippen LogP contribution in [0.25, 0.3) is 28.3 Å². The van der Waals surface area contributed by atoms with E-state index in [-0.39, 0.29) is 0 Å². The highest BCUT2D eigenvalue weighted by atomic mass is 35.5. The summed E-state index contributed by atoms with van der Waals surface area (Å²) in [6.07, 6.45) is 4.91. The molecule has 0 fully saturated rings. The molecule has 3 heterocycles. The van der Waals surface area contributed by atoms with E-state index in [0.717, 1.165) is 27.3 Å². The molecule has 1 N–H and O–H groups in total. The molecule has 8 heteroatoms. The van der Waals surface area contributed by atoms with Gasteiger partial charge in [-0.2, -0.15) is 0 Å². The average molecular weight is 396 g/mol. The zero-order valence-corrected chi connectivity index (χ0v) is 15.9. The van der Waals surface area contributed by atoms with E-state index in [1.54, 1.807) is 18.7 Å². The van der Waals surface area contributed by atoms with Crippen LogP contribution >= 0.6 is 23.1 Å². The number of benzene rings is 1. The van der Waals surface area contributed by atoms with Gasteiger partial charge in [0.05, 0.1) is 22.5 Å². The molecule has 0 atom stereocenters. The Kier molecular flexibility index (Phi) is 4.70. The van der Waals surface area contributed by atoms with Crippen LogP contribution in [0.2, 0.25) is 5.02 Å². The van der Waals surface area contributed by atoms with Crippen molar-refractivity contribution in [2.45, 2.75) is 6.92 Å². The highest BCUT2D eigenvalue weighted by molar-refractivity contribution is 7.06. The molecule has 4 aromatic rings. The fraction of sp³-hybridized carbons (Fsp3) is 0.0526. The van der Waals surface area contributed by atoms with Gasteiger partial charge in [0.25, 0.3) is 0 Å². The number of hydrogen-bond donors (Lipinski definition) is 1. The van der Waals surface area contributed by atoms with Gasteiger partial charge < -0.3 is 9.73 Å². The summed E-state index contributed by atoms with van der Waals surface area (Å²) < 4.78 is 9.28. The summed E-state index contributed by atoms with van der Waals surface area (Å²) in [5.41, 5.74) is 4.15. The number of rotatable bonds is 5. The van der Waals surface area contributed by atoms with Crippen LogP contribution in [0.4, 0.5) is 5.82 Å². The van der Waals surface area contributed by atoms with Crippen LogP contribution in [0.1, 0.15) is 10.6 Å². The molecule has 134 valence electrons.